The number of carbonyl (C=O) groups excluding carboxylic acids is 3. The summed E-state index contributed by atoms with van der Waals surface area (Å²) in [4.78, 5) is 39.0. The van der Waals surface area contributed by atoms with Gasteiger partial charge in [0.2, 0.25) is 11.8 Å². The number of hydrogen-bond acceptors (Lipinski definition) is 5. The number of nitrogens with zero attached hydrogens (tertiary/aromatic N) is 1. The smallest absolute Gasteiger partial charge is 0.307 e. The first kappa shape index (κ1) is 25.6. The van der Waals surface area contributed by atoms with Crippen molar-refractivity contribution in [2.45, 2.75) is 50.7 Å². The third kappa shape index (κ3) is 7.44. The summed E-state index contributed by atoms with van der Waals surface area (Å²) in [6.45, 7) is 7.85. The van der Waals surface area contributed by atoms with Gasteiger partial charge >= 0.3 is 5.97 Å². The fraction of sp³-hybridized carbons (Fsp3) is 0.500. The molecule has 31 heavy (non-hydrogen) atoms. The van der Waals surface area contributed by atoms with Crippen molar-refractivity contribution in [1.82, 2.24) is 10.2 Å². The van der Waals surface area contributed by atoms with Crippen LogP contribution < -0.4 is 5.32 Å². The third-order valence-electron chi connectivity index (χ3n) is 4.58. The van der Waals surface area contributed by atoms with Crippen molar-refractivity contribution in [1.29, 1.82) is 0 Å². The highest BCUT2D eigenvalue weighted by Gasteiger charge is 2.32. The number of likely N-dealkylation sites (tertiary alicyclic amines) is 1. The summed E-state index contributed by atoms with van der Waals surface area (Å²) in [7, 11) is 0. The van der Waals surface area contributed by atoms with Crippen molar-refractivity contribution in [3.8, 4) is 0 Å². The van der Waals surface area contributed by atoms with E-state index in [4.69, 9.17) is 27.9 Å². The predicted molar refractivity (Wildman–Crippen MR) is 125 cm³/mol. The number of thioether (sulfide) groups is 1. The monoisotopic (exact) mass is 486 g/mol. The lowest BCUT2D eigenvalue weighted by atomic mass is 10.0. The van der Waals surface area contributed by atoms with Crippen LogP contribution in [-0.4, -0.2) is 53.7 Å². The van der Waals surface area contributed by atoms with Gasteiger partial charge in [-0.1, -0.05) is 36.2 Å². The van der Waals surface area contributed by atoms with Crippen molar-refractivity contribution in [3.63, 3.8) is 0 Å². The van der Waals surface area contributed by atoms with Gasteiger partial charge < -0.3 is 15.0 Å². The van der Waals surface area contributed by atoms with Gasteiger partial charge in [-0.2, -0.15) is 0 Å². The van der Waals surface area contributed by atoms with Gasteiger partial charge in [0.05, 0.1) is 22.5 Å². The molecule has 0 saturated carbocycles. The van der Waals surface area contributed by atoms with Gasteiger partial charge in [0.25, 0.3) is 0 Å². The highest BCUT2D eigenvalue weighted by molar-refractivity contribution is 7.98. The van der Waals surface area contributed by atoms with E-state index in [2.05, 4.69) is 5.32 Å². The lowest BCUT2D eigenvalue weighted by molar-refractivity contribution is -0.157. The van der Waals surface area contributed by atoms with Crippen molar-refractivity contribution in [3.05, 3.63) is 33.8 Å². The Balaban J connectivity index is 1.80. The fourth-order valence-electron chi connectivity index (χ4n) is 2.92. The molecule has 1 fully saturated rings. The number of esters is 1. The molecule has 1 aliphatic heterocycles. The Hall–Kier alpha value is -1.70. The van der Waals surface area contributed by atoms with Gasteiger partial charge in [0, 0.05) is 30.0 Å². The number of benzene rings is 1. The molecule has 2 amide bonds. The number of nitrogens with one attached hydrogen (secondary N) is 1. The molecule has 0 bridgehead atoms. The van der Waals surface area contributed by atoms with Crippen LogP contribution >= 0.6 is 35.0 Å². The summed E-state index contributed by atoms with van der Waals surface area (Å²) >= 11 is 14.0. The molecule has 1 N–H and O–H groups in total. The number of carbonyl (C=O) groups is 3. The lowest BCUT2D eigenvalue weighted by Gasteiger charge is -2.39. The van der Waals surface area contributed by atoms with Crippen molar-refractivity contribution in [2.24, 2.45) is 5.92 Å². The minimum atomic E-state index is -0.581. The first-order valence-electron chi connectivity index (χ1n) is 9.92. The number of ether oxygens (including phenoxy) is 1. The van der Waals surface area contributed by atoms with E-state index in [9.17, 15) is 14.4 Å². The van der Waals surface area contributed by atoms with Gasteiger partial charge in [-0.15, -0.1) is 11.8 Å². The third-order valence-corrected chi connectivity index (χ3v) is 6.37. The average molecular weight is 487 g/mol. The molecule has 6 nitrogen and oxygen atoms in total. The van der Waals surface area contributed by atoms with Crippen LogP contribution in [0.1, 0.15) is 39.7 Å². The molecule has 1 saturated heterocycles. The average Bonchev–Trinajstić information content (AvgIpc) is 2.63. The second kappa shape index (κ2) is 10.7. The summed E-state index contributed by atoms with van der Waals surface area (Å²) in [5, 5.41) is 3.74. The van der Waals surface area contributed by atoms with E-state index in [-0.39, 0.29) is 24.3 Å². The Bertz CT molecular complexity index is 877. The van der Waals surface area contributed by atoms with Gasteiger partial charge in [-0.05, 0) is 44.7 Å². The second-order valence-corrected chi connectivity index (χ2v) is 10.1. The summed E-state index contributed by atoms with van der Waals surface area (Å²) in [6.07, 6.45) is 5.00. The van der Waals surface area contributed by atoms with Crippen LogP contribution in [0, 0.1) is 5.92 Å². The Morgan fingerprint density at radius 2 is 1.90 bits per heavy atom. The topological polar surface area (TPSA) is 75.7 Å². The summed E-state index contributed by atoms with van der Waals surface area (Å²) in [5.41, 5.74) is 0.0847. The van der Waals surface area contributed by atoms with Crippen molar-refractivity contribution in [2.75, 3.05) is 19.3 Å². The van der Waals surface area contributed by atoms with Crippen LogP contribution in [0.25, 0.3) is 6.08 Å². The zero-order valence-electron chi connectivity index (χ0n) is 18.3. The number of hydrogen-bond donors (Lipinski definition) is 1. The van der Waals surface area contributed by atoms with Crippen LogP contribution in [0.3, 0.4) is 0 Å². The molecule has 1 heterocycles. The molecule has 1 aliphatic rings. The Morgan fingerprint density at radius 1 is 1.26 bits per heavy atom. The minimum absolute atomic E-state index is 0.0137. The Morgan fingerprint density at radius 3 is 2.48 bits per heavy atom. The largest absolute Gasteiger partial charge is 0.460 e. The molecule has 1 aromatic carbocycles. The van der Waals surface area contributed by atoms with Crippen LogP contribution in [0.15, 0.2) is 23.1 Å². The van der Waals surface area contributed by atoms with Crippen molar-refractivity contribution < 1.29 is 19.1 Å². The maximum Gasteiger partial charge on any atom is 0.307 e. The molecule has 0 spiro atoms. The SMILES string of the molecule is CSc1ccc(/C=C/C(=O)N2CC(NC(=O)[C@@H](C)CC(=O)OC(C)(C)C)C2)c(Cl)c1Cl. The predicted octanol–water partition coefficient (Wildman–Crippen LogP) is 4.42. The summed E-state index contributed by atoms with van der Waals surface area (Å²) in [6, 6.07) is 3.54. The van der Waals surface area contributed by atoms with Gasteiger partial charge in [-0.25, -0.2) is 0 Å². The molecule has 2 rings (SSSR count). The van der Waals surface area contributed by atoms with Crippen LogP contribution in [0.5, 0.6) is 0 Å². The standard InChI is InChI=1S/C22H28Cl2N2O4S/c1-13(10-18(28)30-22(2,3)4)21(29)25-15-11-26(12-15)17(27)9-7-14-6-8-16(31-5)20(24)19(14)23/h6-9,13,15H,10-12H2,1-5H3,(H,25,29)/b9-7+/t13-/m0/s1. The normalized spacial score (nSPS) is 15.5. The molecule has 0 radical (unpaired) electrons. The van der Waals surface area contributed by atoms with E-state index in [1.54, 1.807) is 38.7 Å². The molecular formula is C22H28Cl2N2O4S. The quantitative estimate of drug-likeness (QED) is 0.350. The summed E-state index contributed by atoms with van der Waals surface area (Å²) < 4.78 is 5.25. The van der Waals surface area contributed by atoms with Crippen LogP contribution in [-0.2, 0) is 19.1 Å². The number of amides is 2. The zero-order valence-corrected chi connectivity index (χ0v) is 20.7. The maximum atomic E-state index is 12.3. The Kier molecular flexibility index (Phi) is 8.86. The van der Waals surface area contributed by atoms with E-state index < -0.39 is 17.5 Å². The highest BCUT2D eigenvalue weighted by Crippen LogP contribution is 2.35. The molecular weight excluding hydrogens is 459 g/mol. The second-order valence-electron chi connectivity index (χ2n) is 8.46. The van der Waals surface area contributed by atoms with E-state index in [1.165, 1.54) is 17.8 Å². The number of halogens is 2. The first-order chi connectivity index (χ1) is 14.4. The molecule has 0 unspecified atom stereocenters. The van der Waals surface area contributed by atoms with Crippen LogP contribution in [0.4, 0.5) is 0 Å². The molecule has 0 aliphatic carbocycles. The van der Waals surface area contributed by atoms with E-state index in [1.807, 2.05) is 18.4 Å². The number of rotatable bonds is 7. The molecule has 9 heteroatoms. The molecule has 1 atom stereocenters. The van der Waals surface area contributed by atoms with Gasteiger partial charge in [0.1, 0.15) is 5.60 Å². The first-order valence-corrected chi connectivity index (χ1v) is 11.9. The van der Waals surface area contributed by atoms with E-state index >= 15 is 0 Å². The Labute approximate surface area is 197 Å². The summed E-state index contributed by atoms with van der Waals surface area (Å²) in [5.74, 6) is -1.31. The fourth-order valence-corrected chi connectivity index (χ4v) is 4.09. The zero-order chi connectivity index (χ0) is 23.3. The van der Waals surface area contributed by atoms with E-state index in [0.717, 1.165) is 4.90 Å². The molecule has 170 valence electrons. The lowest BCUT2D eigenvalue weighted by Crippen LogP contribution is -2.61. The van der Waals surface area contributed by atoms with Gasteiger partial charge in [0.15, 0.2) is 0 Å². The minimum Gasteiger partial charge on any atom is -0.460 e. The van der Waals surface area contributed by atoms with Gasteiger partial charge in [-0.3, -0.25) is 14.4 Å². The highest BCUT2D eigenvalue weighted by atomic mass is 35.5. The van der Waals surface area contributed by atoms with Crippen LogP contribution in [0.2, 0.25) is 10.0 Å². The molecule has 0 aromatic heterocycles. The molecule has 1 aromatic rings. The maximum absolute atomic E-state index is 12.3. The van der Waals surface area contributed by atoms with E-state index in [0.29, 0.717) is 28.7 Å². The van der Waals surface area contributed by atoms with Crippen molar-refractivity contribution >= 4 is 58.8 Å².